The molecule has 36 heavy (non-hydrogen) atoms. The van der Waals surface area contributed by atoms with Crippen molar-refractivity contribution in [3.05, 3.63) is 125 Å². The first kappa shape index (κ1) is 24.1. The number of benzene rings is 3. The van der Waals surface area contributed by atoms with Gasteiger partial charge in [0, 0.05) is 22.5 Å². The van der Waals surface area contributed by atoms with E-state index in [-0.39, 0.29) is 11.9 Å². The summed E-state index contributed by atoms with van der Waals surface area (Å²) in [7, 11) is 0. The average molecular weight is 513 g/mol. The normalized spacial score (nSPS) is 11.9. The summed E-state index contributed by atoms with van der Waals surface area (Å²) in [5.74, 6) is 0.696. The second kappa shape index (κ2) is 11.0. The maximum absolute atomic E-state index is 12.8. The van der Waals surface area contributed by atoms with E-state index in [4.69, 9.17) is 16.6 Å². The van der Waals surface area contributed by atoms with Gasteiger partial charge in [-0.05, 0) is 53.9 Å². The molecule has 7 heteroatoms. The van der Waals surface area contributed by atoms with Gasteiger partial charge in [0.15, 0.2) is 5.16 Å². The molecular formula is C29H25ClN4OS. The van der Waals surface area contributed by atoms with Gasteiger partial charge in [-0.25, -0.2) is 4.98 Å². The molecule has 180 valence electrons. The van der Waals surface area contributed by atoms with Crippen LogP contribution in [0.25, 0.3) is 11.0 Å². The molecule has 1 amide bonds. The van der Waals surface area contributed by atoms with Crippen molar-refractivity contribution in [2.75, 3.05) is 0 Å². The Morgan fingerprint density at radius 1 is 0.972 bits per heavy atom. The Hall–Kier alpha value is -3.61. The third-order valence-electron chi connectivity index (χ3n) is 6.00. The number of amides is 1. The number of carbonyl (C=O) groups excluding carboxylic acids is 1. The van der Waals surface area contributed by atoms with Crippen molar-refractivity contribution < 1.29 is 4.79 Å². The molecule has 0 aliphatic carbocycles. The highest BCUT2D eigenvalue weighted by atomic mass is 35.5. The van der Waals surface area contributed by atoms with Crippen LogP contribution in [0, 0.1) is 0 Å². The van der Waals surface area contributed by atoms with E-state index in [1.165, 1.54) is 5.56 Å². The number of carbonyl (C=O) groups is 1. The lowest BCUT2D eigenvalue weighted by Crippen LogP contribution is -2.26. The van der Waals surface area contributed by atoms with Gasteiger partial charge in [-0.15, -0.1) is 0 Å². The number of fused-ring (bicyclic) bond motifs is 1. The molecule has 0 saturated heterocycles. The predicted octanol–water partition coefficient (Wildman–Crippen LogP) is 6.92. The van der Waals surface area contributed by atoms with Crippen molar-refractivity contribution >= 4 is 40.3 Å². The summed E-state index contributed by atoms with van der Waals surface area (Å²) in [5, 5.41) is 4.73. The highest BCUT2D eigenvalue weighted by Crippen LogP contribution is 2.28. The summed E-state index contributed by atoms with van der Waals surface area (Å²) >= 11 is 7.71. The summed E-state index contributed by atoms with van der Waals surface area (Å²) in [6.07, 6.45) is 3.61. The number of imidazole rings is 1. The quantitative estimate of drug-likeness (QED) is 0.229. The Morgan fingerprint density at radius 3 is 2.44 bits per heavy atom. The van der Waals surface area contributed by atoms with E-state index in [0.29, 0.717) is 12.1 Å². The Bertz CT molecular complexity index is 1470. The maximum Gasteiger partial charge on any atom is 0.251 e. The van der Waals surface area contributed by atoms with Gasteiger partial charge in [0.25, 0.3) is 5.91 Å². The van der Waals surface area contributed by atoms with Gasteiger partial charge in [-0.3, -0.25) is 9.78 Å². The number of nitrogens with one attached hydrogen (secondary N) is 1. The van der Waals surface area contributed by atoms with Crippen LogP contribution in [0.1, 0.15) is 40.0 Å². The van der Waals surface area contributed by atoms with Crippen molar-refractivity contribution in [1.29, 1.82) is 0 Å². The molecule has 0 fully saturated rings. The molecule has 0 aliphatic rings. The van der Waals surface area contributed by atoms with E-state index < -0.39 is 0 Å². The largest absolute Gasteiger partial charge is 0.346 e. The Balaban J connectivity index is 1.31. The first-order valence-electron chi connectivity index (χ1n) is 11.7. The van der Waals surface area contributed by atoms with Crippen LogP contribution >= 0.6 is 23.4 Å². The molecule has 3 aromatic carbocycles. The predicted molar refractivity (Wildman–Crippen MR) is 146 cm³/mol. The second-order valence-corrected chi connectivity index (χ2v) is 9.94. The van der Waals surface area contributed by atoms with Crippen molar-refractivity contribution in [1.82, 2.24) is 19.9 Å². The zero-order valence-electron chi connectivity index (χ0n) is 19.8. The Kier molecular flexibility index (Phi) is 7.35. The number of hydrogen-bond donors (Lipinski definition) is 1. The summed E-state index contributed by atoms with van der Waals surface area (Å²) in [5.41, 5.74) is 5.87. The van der Waals surface area contributed by atoms with Crippen LogP contribution in [0.3, 0.4) is 0 Å². The summed E-state index contributed by atoms with van der Waals surface area (Å²) in [4.78, 5) is 21.9. The van der Waals surface area contributed by atoms with Gasteiger partial charge >= 0.3 is 0 Å². The molecule has 0 bridgehead atoms. The highest BCUT2D eigenvalue weighted by molar-refractivity contribution is 7.98. The van der Waals surface area contributed by atoms with Gasteiger partial charge in [0.05, 0.1) is 29.8 Å². The minimum absolute atomic E-state index is 0.0663. The first-order valence-corrected chi connectivity index (χ1v) is 13.1. The van der Waals surface area contributed by atoms with E-state index in [2.05, 4.69) is 14.9 Å². The van der Waals surface area contributed by atoms with E-state index in [9.17, 15) is 4.79 Å². The monoisotopic (exact) mass is 512 g/mol. The van der Waals surface area contributed by atoms with Crippen molar-refractivity contribution in [3.63, 3.8) is 0 Å². The van der Waals surface area contributed by atoms with Crippen LogP contribution in [-0.2, 0) is 12.3 Å². The van der Waals surface area contributed by atoms with E-state index in [1.807, 2.05) is 98.0 Å². The molecular weight excluding hydrogens is 488 g/mol. The number of nitrogens with zero attached hydrogens (tertiary/aromatic N) is 3. The SMILES string of the molecule is C[C@H](NC(=O)c1ccc(Cn2c(SCc3ccc(Cl)cc3)nc3ccncc32)cc1)c1ccccc1. The van der Waals surface area contributed by atoms with Crippen LogP contribution in [0.15, 0.2) is 102 Å². The molecule has 0 saturated carbocycles. The van der Waals surface area contributed by atoms with Crippen molar-refractivity contribution in [2.24, 2.45) is 0 Å². The minimum atomic E-state index is -0.0885. The molecule has 0 aliphatic heterocycles. The molecule has 0 spiro atoms. The number of pyridine rings is 1. The lowest BCUT2D eigenvalue weighted by molar-refractivity contribution is 0.0940. The maximum atomic E-state index is 12.8. The van der Waals surface area contributed by atoms with Crippen LogP contribution in [0.4, 0.5) is 0 Å². The zero-order chi connectivity index (χ0) is 24.9. The van der Waals surface area contributed by atoms with E-state index in [0.717, 1.165) is 38.1 Å². The number of halogens is 1. The van der Waals surface area contributed by atoms with Crippen LogP contribution in [0.5, 0.6) is 0 Å². The zero-order valence-corrected chi connectivity index (χ0v) is 21.3. The van der Waals surface area contributed by atoms with E-state index in [1.54, 1.807) is 18.0 Å². The lowest BCUT2D eigenvalue weighted by atomic mass is 10.1. The number of thioether (sulfide) groups is 1. The molecule has 5 aromatic rings. The first-order chi connectivity index (χ1) is 17.6. The molecule has 0 radical (unpaired) electrons. The molecule has 0 unspecified atom stereocenters. The van der Waals surface area contributed by atoms with Gasteiger partial charge < -0.3 is 9.88 Å². The second-order valence-electron chi connectivity index (χ2n) is 8.56. The van der Waals surface area contributed by atoms with Gasteiger partial charge in [-0.1, -0.05) is 78.0 Å². The van der Waals surface area contributed by atoms with Gasteiger partial charge in [0.1, 0.15) is 0 Å². The van der Waals surface area contributed by atoms with Crippen LogP contribution < -0.4 is 5.32 Å². The molecule has 5 nitrogen and oxygen atoms in total. The highest BCUT2D eigenvalue weighted by Gasteiger charge is 2.14. The van der Waals surface area contributed by atoms with Gasteiger partial charge in [-0.2, -0.15) is 0 Å². The standard InChI is InChI=1S/C29H25ClN4OS/c1-20(23-5-3-2-4-6-23)32-28(35)24-11-7-21(8-12-24)18-34-27-17-31-16-15-26(27)33-29(34)36-19-22-9-13-25(30)14-10-22/h2-17,20H,18-19H2,1H3,(H,32,35)/t20-/m0/s1. The summed E-state index contributed by atoms with van der Waals surface area (Å²) < 4.78 is 2.18. The molecule has 1 atom stereocenters. The van der Waals surface area contributed by atoms with Crippen LogP contribution in [-0.4, -0.2) is 20.4 Å². The number of hydrogen-bond acceptors (Lipinski definition) is 4. The van der Waals surface area contributed by atoms with Gasteiger partial charge in [0.2, 0.25) is 0 Å². The lowest BCUT2D eigenvalue weighted by Gasteiger charge is -2.14. The summed E-state index contributed by atoms with van der Waals surface area (Å²) in [6, 6.07) is 27.4. The number of rotatable bonds is 8. The molecule has 1 N–H and O–H groups in total. The average Bonchev–Trinajstić information content (AvgIpc) is 3.26. The smallest absolute Gasteiger partial charge is 0.251 e. The minimum Gasteiger partial charge on any atom is -0.346 e. The van der Waals surface area contributed by atoms with Crippen molar-refractivity contribution in [3.8, 4) is 0 Å². The third-order valence-corrected chi connectivity index (χ3v) is 7.30. The van der Waals surface area contributed by atoms with Crippen molar-refractivity contribution in [2.45, 2.75) is 30.4 Å². The fraction of sp³-hybridized carbons (Fsp3) is 0.138. The fourth-order valence-corrected chi connectivity index (χ4v) is 5.08. The Labute approximate surface area is 219 Å². The summed E-state index contributed by atoms with van der Waals surface area (Å²) in [6.45, 7) is 2.62. The van der Waals surface area contributed by atoms with E-state index >= 15 is 0 Å². The molecule has 5 rings (SSSR count). The topological polar surface area (TPSA) is 59.8 Å². The third kappa shape index (κ3) is 5.61. The number of aromatic nitrogens is 3. The Morgan fingerprint density at radius 2 is 1.69 bits per heavy atom. The molecule has 2 heterocycles. The fourth-order valence-electron chi connectivity index (χ4n) is 3.99. The van der Waals surface area contributed by atoms with Crippen LogP contribution in [0.2, 0.25) is 5.02 Å². The molecule has 2 aromatic heterocycles.